The number of carboxylic acid groups (broad SMARTS) is 1. The lowest BCUT2D eigenvalue weighted by atomic mass is 10.1. The van der Waals surface area contributed by atoms with Crippen LogP contribution in [0.4, 0.5) is 10.5 Å². The SMILES string of the molecule is CCN(Cc1ccccc1)C(=O)Nc1cc(OC)c(C(=O)O)cc1Cl. The van der Waals surface area contributed by atoms with Crippen LogP contribution in [0.15, 0.2) is 42.5 Å². The molecule has 2 aromatic carbocycles. The lowest BCUT2D eigenvalue weighted by Gasteiger charge is -2.22. The highest BCUT2D eigenvalue weighted by Crippen LogP contribution is 2.31. The molecule has 0 heterocycles. The Morgan fingerprint density at radius 3 is 2.48 bits per heavy atom. The fraction of sp³-hybridized carbons (Fsp3) is 0.222. The van der Waals surface area contributed by atoms with Crippen LogP contribution in [0.2, 0.25) is 5.02 Å². The van der Waals surface area contributed by atoms with Crippen LogP contribution in [0.5, 0.6) is 5.75 Å². The summed E-state index contributed by atoms with van der Waals surface area (Å²) in [5, 5.41) is 12.0. The molecule has 0 aliphatic carbocycles. The topological polar surface area (TPSA) is 78.9 Å². The largest absolute Gasteiger partial charge is 0.496 e. The molecule has 6 nitrogen and oxygen atoms in total. The molecule has 0 saturated carbocycles. The molecule has 0 bridgehead atoms. The maximum Gasteiger partial charge on any atom is 0.339 e. The maximum absolute atomic E-state index is 12.5. The monoisotopic (exact) mass is 362 g/mol. The van der Waals surface area contributed by atoms with Crippen LogP contribution in [0.25, 0.3) is 0 Å². The van der Waals surface area contributed by atoms with E-state index in [1.807, 2.05) is 37.3 Å². The third-order valence-corrected chi connectivity index (χ3v) is 3.96. The van der Waals surface area contributed by atoms with Crippen molar-refractivity contribution in [3.05, 3.63) is 58.6 Å². The zero-order valence-corrected chi connectivity index (χ0v) is 14.7. The van der Waals surface area contributed by atoms with Crippen molar-refractivity contribution in [2.24, 2.45) is 0 Å². The van der Waals surface area contributed by atoms with Crippen LogP contribution in [0.3, 0.4) is 0 Å². The molecular formula is C18H19ClN2O4. The molecule has 2 rings (SSSR count). The molecule has 7 heteroatoms. The number of rotatable bonds is 6. The number of amides is 2. The second kappa shape index (κ2) is 8.39. The predicted octanol–water partition coefficient (Wildman–Crippen LogP) is 4.10. The van der Waals surface area contributed by atoms with E-state index in [1.165, 1.54) is 19.2 Å². The summed E-state index contributed by atoms with van der Waals surface area (Å²) in [5.74, 6) is -1.03. The number of nitrogens with zero attached hydrogens (tertiary/aromatic N) is 1. The summed E-state index contributed by atoms with van der Waals surface area (Å²) in [6.45, 7) is 2.83. The highest BCUT2D eigenvalue weighted by molar-refractivity contribution is 6.34. The maximum atomic E-state index is 12.5. The number of carbonyl (C=O) groups is 2. The fourth-order valence-corrected chi connectivity index (χ4v) is 2.52. The van der Waals surface area contributed by atoms with Gasteiger partial charge in [-0.3, -0.25) is 0 Å². The van der Waals surface area contributed by atoms with Gasteiger partial charge in [-0.2, -0.15) is 0 Å². The van der Waals surface area contributed by atoms with Gasteiger partial charge in [0.2, 0.25) is 0 Å². The van der Waals surface area contributed by atoms with Crippen molar-refractivity contribution in [3.8, 4) is 5.75 Å². The van der Waals surface area contributed by atoms with E-state index in [1.54, 1.807) is 4.90 Å². The number of hydrogen-bond acceptors (Lipinski definition) is 3. The van der Waals surface area contributed by atoms with Gasteiger partial charge < -0.3 is 20.1 Å². The molecule has 0 radical (unpaired) electrons. The van der Waals surface area contributed by atoms with E-state index < -0.39 is 5.97 Å². The molecule has 132 valence electrons. The number of methoxy groups -OCH3 is 1. The summed E-state index contributed by atoms with van der Waals surface area (Å²) in [4.78, 5) is 25.3. The molecule has 0 fully saturated rings. The van der Waals surface area contributed by atoms with Gasteiger partial charge in [0, 0.05) is 19.2 Å². The number of carbonyl (C=O) groups excluding carboxylic acids is 1. The zero-order chi connectivity index (χ0) is 18.4. The summed E-state index contributed by atoms with van der Waals surface area (Å²) in [6, 6.07) is 11.9. The molecule has 0 aliphatic heterocycles. The molecule has 0 aromatic heterocycles. The number of carboxylic acids is 1. The van der Waals surface area contributed by atoms with E-state index in [0.717, 1.165) is 5.56 Å². The van der Waals surface area contributed by atoms with Crippen LogP contribution >= 0.6 is 11.6 Å². The van der Waals surface area contributed by atoms with Gasteiger partial charge in [-0.25, -0.2) is 9.59 Å². The number of halogens is 1. The second-order valence-corrected chi connectivity index (χ2v) is 5.67. The van der Waals surface area contributed by atoms with Crippen LogP contribution in [0, 0.1) is 0 Å². The highest BCUT2D eigenvalue weighted by atomic mass is 35.5. The molecule has 0 saturated heterocycles. The van der Waals surface area contributed by atoms with Gasteiger partial charge in [0.15, 0.2) is 0 Å². The van der Waals surface area contributed by atoms with Crippen LogP contribution in [0.1, 0.15) is 22.8 Å². The summed E-state index contributed by atoms with van der Waals surface area (Å²) < 4.78 is 5.06. The number of ether oxygens (including phenoxy) is 1. The standard InChI is InChI=1S/C18H19ClN2O4/c1-3-21(11-12-7-5-4-6-8-12)18(24)20-15-10-16(25-2)13(17(22)23)9-14(15)19/h4-10H,3,11H2,1-2H3,(H,20,24)(H,22,23). The van der Waals surface area contributed by atoms with Crippen LogP contribution in [-0.2, 0) is 6.54 Å². The normalized spacial score (nSPS) is 10.2. The molecule has 0 aliphatic rings. The van der Waals surface area contributed by atoms with E-state index in [4.69, 9.17) is 21.4 Å². The summed E-state index contributed by atoms with van der Waals surface area (Å²) in [6.07, 6.45) is 0. The van der Waals surface area contributed by atoms with Crippen molar-refractivity contribution < 1.29 is 19.4 Å². The van der Waals surface area contributed by atoms with Crippen molar-refractivity contribution in [1.29, 1.82) is 0 Å². The van der Waals surface area contributed by atoms with E-state index >= 15 is 0 Å². The Kier molecular flexibility index (Phi) is 6.25. The third kappa shape index (κ3) is 4.64. The molecule has 2 N–H and O–H groups in total. The molecule has 0 atom stereocenters. The molecule has 0 spiro atoms. The first kappa shape index (κ1) is 18.6. The van der Waals surface area contributed by atoms with Crippen molar-refractivity contribution >= 4 is 29.3 Å². The Hall–Kier alpha value is -2.73. The number of aromatic carboxylic acids is 1. The van der Waals surface area contributed by atoms with Crippen LogP contribution in [-0.4, -0.2) is 35.7 Å². The molecular weight excluding hydrogens is 344 g/mol. The van der Waals surface area contributed by atoms with E-state index in [-0.39, 0.29) is 22.4 Å². The zero-order valence-electron chi connectivity index (χ0n) is 14.0. The first-order chi connectivity index (χ1) is 12.0. The van der Waals surface area contributed by atoms with Gasteiger partial charge in [0.05, 0.1) is 17.8 Å². The lowest BCUT2D eigenvalue weighted by molar-refractivity contribution is 0.0693. The Balaban J connectivity index is 2.19. The van der Waals surface area contributed by atoms with Crippen molar-refractivity contribution in [2.75, 3.05) is 19.0 Å². The number of hydrogen-bond donors (Lipinski definition) is 2. The quantitative estimate of drug-likeness (QED) is 0.810. The molecule has 2 aromatic rings. The first-order valence-electron chi connectivity index (χ1n) is 7.67. The minimum Gasteiger partial charge on any atom is -0.496 e. The first-order valence-corrected chi connectivity index (χ1v) is 8.04. The molecule has 2 amide bonds. The number of urea groups is 1. The van der Waals surface area contributed by atoms with Gasteiger partial charge >= 0.3 is 12.0 Å². The average Bonchev–Trinajstić information content (AvgIpc) is 2.61. The van der Waals surface area contributed by atoms with Crippen LogP contribution < -0.4 is 10.1 Å². The Bertz CT molecular complexity index is 765. The second-order valence-electron chi connectivity index (χ2n) is 5.27. The van der Waals surface area contributed by atoms with E-state index in [0.29, 0.717) is 18.8 Å². The van der Waals surface area contributed by atoms with Gasteiger partial charge in [-0.15, -0.1) is 0 Å². The smallest absolute Gasteiger partial charge is 0.339 e. The number of nitrogens with one attached hydrogen (secondary N) is 1. The van der Waals surface area contributed by atoms with Crippen molar-refractivity contribution in [3.63, 3.8) is 0 Å². The van der Waals surface area contributed by atoms with Gasteiger partial charge in [-0.05, 0) is 18.6 Å². The van der Waals surface area contributed by atoms with E-state index in [2.05, 4.69) is 5.32 Å². The van der Waals surface area contributed by atoms with Crippen molar-refractivity contribution in [1.82, 2.24) is 4.90 Å². The Morgan fingerprint density at radius 1 is 1.24 bits per heavy atom. The highest BCUT2D eigenvalue weighted by Gasteiger charge is 2.18. The summed E-state index contributed by atoms with van der Waals surface area (Å²) >= 11 is 6.10. The minimum atomic E-state index is -1.16. The Morgan fingerprint density at radius 2 is 1.92 bits per heavy atom. The predicted molar refractivity (Wildman–Crippen MR) is 96.5 cm³/mol. The average molecular weight is 363 g/mol. The minimum absolute atomic E-state index is 0.0675. The van der Waals surface area contributed by atoms with Gasteiger partial charge in [0.1, 0.15) is 11.3 Å². The van der Waals surface area contributed by atoms with E-state index in [9.17, 15) is 9.59 Å². The van der Waals surface area contributed by atoms with Gasteiger partial charge in [0.25, 0.3) is 0 Å². The number of anilines is 1. The summed E-state index contributed by atoms with van der Waals surface area (Å²) in [7, 11) is 1.36. The van der Waals surface area contributed by atoms with Gasteiger partial charge in [-0.1, -0.05) is 41.9 Å². The number of benzene rings is 2. The summed E-state index contributed by atoms with van der Waals surface area (Å²) in [5.41, 5.74) is 1.23. The molecule has 0 unspecified atom stereocenters. The third-order valence-electron chi connectivity index (χ3n) is 3.65. The Labute approximate surface area is 151 Å². The molecule has 25 heavy (non-hydrogen) atoms. The fourth-order valence-electron chi connectivity index (χ4n) is 2.31. The van der Waals surface area contributed by atoms with Crippen molar-refractivity contribution in [2.45, 2.75) is 13.5 Å². The lowest BCUT2D eigenvalue weighted by Crippen LogP contribution is -2.34.